The minimum atomic E-state index is 0. The zero-order chi connectivity index (χ0) is 17.6. The summed E-state index contributed by atoms with van der Waals surface area (Å²) in [5.41, 5.74) is 4.06. The number of aryl methyl sites for hydroxylation is 2. The van der Waals surface area contributed by atoms with Crippen LogP contribution in [0.15, 0.2) is 23.2 Å². The van der Waals surface area contributed by atoms with Crippen LogP contribution in [0.2, 0.25) is 0 Å². The lowest BCUT2D eigenvalue weighted by Gasteiger charge is -2.33. The number of aliphatic imine (C=N–C) groups is 1. The summed E-state index contributed by atoms with van der Waals surface area (Å²) >= 11 is 0. The Hall–Kier alpha value is -0.820. The molecule has 0 radical (unpaired) electrons. The van der Waals surface area contributed by atoms with Crippen LogP contribution in [0.5, 0.6) is 0 Å². The first-order valence-corrected chi connectivity index (χ1v) is 10.00. The molecule has 26 heavy (non-hydrogen) atoms. The Balaban J connectivity index is 0.00000243. The number of nitrogens with one attached hydrogen (secondary N) is 2. The quantitative estimate of drug-likeness (QED) is 0.379. The second-order valence-electron chi connectivity index (χ2n) is 7.69. The van der Waals surface area contributed by atoms with Crippen molar-refractivity contribution in [3.8, 4) is 0 Å². The molecule has 2 aliphatic rings. The van der Waals surface area contributed by atoms with Gasteiger partial charge in [-0.1, -0.05) is 29.3 Å². The smallest absolute Gasteiger partial charge is 0.191 e. The van der Waals surface area contributed by atoms with Gasteiger partial charge in [-0.15, -0.1) is 24.0 Å². The Morgan fingerprint density at radius 3 is 2.31 bits per heavy atom. The molecule has 0 amide bonds. The lowest BCUT2D eigenvalue weighted by atomic mass is 10.0. The number of halogens is 1. The third kappa shape index (κ3) is 6.72. The van der Waals surface area contributed by atoms with Crippen molar-refractivity contribution in [2.45, 2.75) is 65.0 Å². The normalized spacial score (nSPS) is 19.1. The fourth-order valence-electron chi connectivity index (χ4n) is 3.87. The summed E-state index contributed by atoms with van der Waals surface area (Å²) in [6.07, 6.45) is 6.30. The van der Waals surface area contributed by atoms with E-state index in [9.17, 15) is 0 Å². The molecule has 0 unspecified atom stereocenters. The Morgan fingerprint density at radius 1 is 1.08 bits per heavy atom. The molecular formula is C21H35IN4. The number of piperidine rings is 1. The molecule has 1 heterocycles. The van der Waals surface area contributed by atoms with E-state index < -0.39 is 0 Å². The average molecular weight is 470 g/mol. The van der Waals surface area contributed by atoms with Crippen LogP contribution in [0.3, 0.4) is 0 Å². The molecule has 2 N–H and O–H groups in total. The van der Waals surface area contributed by atoms with Crippen molar-refractivity contribution in [1.29, 1.82) is 0 Å². The van der Waals surface area contributed by atoms with E-state index in [1.807, 2.05) is 0 Å². The number of guanidine groups is 1. The number of rotatable bonds is 6. The molecule has 0 atom stereocenters. The number of likely N-dealkylation sites (tertiary alicyclic amines) is 1. The van der Waals surface area contributed by atoms with Crippen LogP contribution in [0.25, 0.3) is 0 Å². The van der Waals surface area contributed by atoms with Crippen molar-refractivity contribution in [2.24, 2.45) is 4.99 Å². The van der Waals surface area contributed by atoms with Crippen molar-refractivity contribution < 1.29 is 0 Å². The standard InChI is InChI=1S/C21H34N4.HI/c1-4-22-21(23-10-7-18-14-16(2)13-17(3)15-18)24-19-8-11-25(12-9-19)20-5-6-20;/h13-15,19-20H,4-12H2,1-3H3,(H2,22,23,24);1H. The van der Waals surface area contributed by atoms with Gasteiger partial charge >= 0.3 is 0 Å². The molecule has 0 aromatic heterocycles. The molecule has 1 aliphatic heterocycles. The highest BCUT2D eigenvalue weighted by Crippen LogP contribution is 2.29. The van der Waals surface area contributed by atoms with E-state index in [1.54, 1.807) is 0 Å². The van der Waals surface area contributed by atoms with Crippen LogP contribution in [-0.2, 0) is 6.42 Å². The van der Waals surface area contributed by atoms with Gasteiger partial charge in [-0.3, -0.25) is 4.99 Å². The highest BCUT2D eigenvalue weighted by molar-refractivity contribution is 14.0. The molecule has 4 nitrogen and oxygen atoms in total. The van der Waals surface area contributed by atoms with Gasteiger partial charge in [0.2, 0.25) is 0 Å². The van der Waals surface area contributed by atoms with E-state index in [2.05, 4.69) is 54.5 Å². The summed E-state index contributed by atoms with van der Waals surface area (Å²) in [5.74, 6) is 0.983. The maximum Gasteiger partial charge on any atom is 0.191 e. The first-order chi connectivity index (χ1) is 12.1. The van der Waals surface area contributed by atoms with Gasteiger partial charge in [0.05, 0.1) is 0 Å². The predicted octanol–water partition coefficient (Wildman–Crippen LogP) is 3.65. The molecular weight excluding hydrogens is 435 g/mol. The van der Waals surface area contributed by atoms with E-state index in [1.165, 1.54) is 55.5 Å². The van der Waals surface area contributed by atoms with E-state index in [4.69, 9.17) is 4.99 Å². The van der Waals surface area contributed by atoms with Gasteiger partial charge < -0.3 is 15.5 Å². The number of benzene rings is 1. The molecule has 0 spiro atoms. The second-order valence-corrected chi connectivity index (χ2v) is 7.69. The predicted molar refractivity (Wildman–Crippen MR) is 122 cm³/mol. The Labute approximate surface area is 176 Å². The molecule has 1 aromatic carbocycles. The minimum Gasteiger partial charge on any atom is -0.357 e. The first kappa shape index (κ1) is 21.5. The SMILES string of the molecule is CCNC(=NCCc1cc(C)cc(C)c1)NC1CCN(C2CC2)CC1.I. The van der Waals surface area contributed by atoms with Crippen LogP contribution in [0.4, 0.5) is 0 Å². The second kappa shape index (κ2) is 10.5. The zero-order valence-corrected chi connectivity index (χ0v) is 18.9. The van der Waals surface area contributed by atoms with Gasteiger partial charge in [-0.05, 0) is 58.4 Å². The lowest BCUT2D eigenvalue weighted by Crippen LogP contribution is -2.49. The first-order valence-electron chi connectivity index (χ1n) is 10.00. The van der Waals surface area contributed by atoms with Crippen LogP contribution in [0, 0.1) is 13.8 Å². The third-order valence-electron chi connectivity index (χ3n) is 5.23. The molecule has 1 aromatic rings. The summed E-state index contributed by atoms with van der Waals surface area (Å²) < 4.78 is 0. The van der Waals surface area contributed by atoms with Crippen molar-refractivity contribution in [3.63, 3.8) is 0 Å². The number of hydrogen-bond acceptors (Lipinski definition) is 2. The highest BCUT2D eigenvalue weighted by atomic mass is 127. The average Bonchev–Trinajstić information content (AvgIpc) is 3.40. The minimum absolute atomic E-state index is 0. The molecule has 2 fully saturated rings. The van der Waals surface area contributed by atoms with Gasteiger partial charge in [-0.2, -0.15) is 0 Å². The van der Waals surface area contributed by atoms with E-state index in [-0.39, 0.29) is 24.0 Å². The Bertz CT molecular complexity index is 569. The molecule has 0 bridgehead atoms. The maximum absolute atomic E-state index is 4.81. The topological polar surface area (TPSA) is 39.7 Å². The Kier molecular flexibility index (Phi) is 8.67. The number of hydrogen-bond donors (Lipinski definition) is 2. The highest BCUT2D eigenvalue weighted by Gasteiger charge is 2.31. The van der Waals surface area contributed by atoms with Crippen LogP contribution >= 0.6 is 24.0 Å². The van der Waals surface area contributed by atoms with Gasteiger partial charge in [0.15, 0.2) is 5.96 Å². The van der Waals surface area contributed by atoms with Gasteiger partial charge in [-0.25, -0.2) is 0 Å². The summed E-state index contributed by atoms with van der Waals surface area (Å²) in [7, 11) is 0. The fourth-order valence-corrected chi connectivity index (χ4v) is 3.87. The molecule has 1 aliphatic carbocycles. The lowest BCUT2D eigenvalue weighted by molar-refractivity contribution is 0.197. The molecule has 1 saturated heterocycles. The summed E-state index contributed by atoms with van der Waals surface area (Å²) in [4.78, 5) is 7.48. The van der Waals surface area contributed by atoms with Crippen LogP contribution in [0.1, 0.15) is 49.3 Å². The molecule has 146 valence electrons. The van der Waals surface area contributed by atoms with E-state index in [0.29, 0.717) is 6.04 Å². The van der Waals surface area contributed by atoms with Crippen molar-refractivity contribution in [1.82, 2.24) is 15.5 Å². The van der Waals surface area contributed by atoms with Crippen molar-refractivity contribution in [3.05, 3.63) is 34.9 Å². The summed E-state index contributed by atoms with van der Waals surface area (Å²) in [6.45, 7) is 10.7. The van der Waals surface area contributed by atoms with Gasteiger partial charge in [0.25, 0.3) is 0 Å². The largest absolute Gasteiger partial charge is 0.357 e. The van der Waals surface area contributed by atoms with Crippen molar-refractivity contribution in [2.75, 3.05) is 26.2 Å². The Morgan fingerprint density at radius 2 is 1.73 bits per heavy atom. The zero-order valence-electron chi connectivity index (χ0n) is 16.6. The van der Waals surface area contributed by atoms with Gasteiger partial charge in [0, 0.05) is 38.3 Å². The third-order valence-corrected chi connectivity index (χ3v) is 5.23. The molecule has 5 heteroatoms. The van der Waals surface area contributed by atoms with E-state index >= 15 is 0 Å². The fraction of sp³-hybridized carbons (Fsp3) is 0.667. The summed E-state index contributed by atoms with van der Waals surface area (Å²) in [5, 5.41) is 7.07. The number of nitrogens with zero attached hydrogens (tertiary/aromatic N) is 2. The van der Waals surface area contributed by atoms with Crippen molar-refractivity contribution >= 4 is 29.9 Å². The van der Waals surface area contributed by atoms with E-state index in [0.717, 1.165) is 31.5 Å². The maximum atomic E-state index is 4.81. The van der Waals surface area contributed by atoms with Crippen LogP contribution in [-0.4, -0.2) is 49.1 Å². The molecule has 1 saturated carbocycles. The van der Waals surface area contributed by atoms with Gasteiger partial charge in [0.1, 0.15) is 0 Å². The van der Waals surface area contributed by atoms with Crippen LogP contribution < -0.4 is 10.6 Å². The monoisotopic (exact) mass is 470 g/mol. The summed E-state index contributed by atoms with van der Waals surface area (Å²) in [6, 6.07) is 8.24. The molecule has 3 rings (SSSR count).